The lowest BCUT2D eigenvalue weighted by molar-refractivity contribution is -0.119. The van der Waals surface area contributed by atoms with Gasteiger partial charge in [-0.25, -0.2) is 13.2 Å². The van der Waals surface area contributed by atoms with E-state index in [-0.39, 0.29) is 10.5 Å². The molecule has 0 heterocycles. The third kappa shape index (κ3) is 5.53. The molecule has 1 N–H and O–H groups in total. The normalized spacial score (nSPS) is 10.9. The molecular formula is C24H24N2O5S. The number of anilines is 2. The predicted molar refractivity (Wildman–Crippen MR) is 123 cm³/mol. The summed E-state index contributed by atoms with van der Waals surface area (Å²) in [5.74, 6) is -1.28. The Hall–Kier alpha value is -3.65. The number of aryl methyl sites for hydroxylation is 1. The van der Waals surface area contributed by atoms with E-state index >= 15 is 0 Å². The van der Waals surface area contributed by atoms with Crippen LogP contribution in [0.4, 0.5) is 11.4 Å². The van der Waals surface area contributed by atoms with Gasteiger partial charge in [0.15, 0.2) is 6.61 Å². The van der Waals surface area contributed by atoms with Crippen molar-refractivity contribution in [1.82, 2.24) is 0 Å². The van der Waals surface area contributed by atoms with Gasteiger partial charge in [0.2, 0.25) is 0 Å². The maximum Gasteiger partial charge on any atom is 0.338 e. The summed E-state index contributed by atoms with van der Waals surface area (Å²) in [7, 11) is -2.44. The van der Waals surface area contributed by atoms with Gasteiger partial charge >= 0.3 is 5.97 Å². The van der Waals surface area contributed by atoms with Crippen molar-refractivity contribution in [1.29, 1.82) is 0 Å². The number of hydrogen-bond donors (Lipinski definition) is 1. The fraction of sp³-hybridized carbons (Fsp3) is 0.167. The average molecular weight is 453 g/mol. The summed E-state index contributed by atoms with van der Waals surface area (Å²) in [4.78, 5) is 24.4. The number of esters is 1. The molecule has 1 amide bonds. The lowest BCUT2D eigenvalue weighted by Gasteiger charge is -2.19. The number of nitrogens with one attached hydrogen (secondary N) is 1. The third-order valence-electron chi connectivity index (χ3n) is 4.83. The Morgan fingerprint density at radius 3 is 2.28 bits per heavy atom. The highest BCUT2D eigenvalue weighted by Gasteiger charge is 2.22. The Morgan fingerprint density at radius 2 is 1.62 bits per heavy atom. The second-order valence-corrected chi connectivity index (χ2v) is 8.98. The molecule has 32 heavy (non-hydrogen) atoms. The van der Waals surface area contributed by atoms with Crippen LogP contribution >= 0.6 is 0 Å². The highest BCUT2D eigenvalue weighted by atomic mass is 32.2. The number of para-hydroxylation sites is 1. The Labute approximate surface area is 187 Å². The summed E-state index contributed by atoms with van der Waals surface area (Å²) in [5, 5.41) is 2.65. The van der Waals surface area contributed by atoms with E-state index in [0.29, 0.717) is 11.4 Å². The molecule has 0 aromatic heterocycles. The average Bonchev–Trinajstić information content (AvgIpc) is 2.83. The van der Waals surface area contributed by atoms with Crippen molar-refractivity contribution in [3.8, 4) is 0 Å². The van der Waals surface area contributed by atoms with E-state index in [1.165, 1.54) is 31.3 Å². The van der Waals surface area contributed by atoms with Gasteiger partial charge in [0.05, 0.1) is 16.1 Å². The van der Waals surface area contributed by atoms with Crippen LogP contribution in [0.25, 0.3) is 0 Å². The highest BCUT2D eigenvalue weighted by molar-refractivity contribution is 7.92. The molecule has 0 bridgehead atoms. The molecule has 166 valence electrons. The molecule has 0 fully saturated rings. The molecule has 0 aliphatic carbocycles. The number of rotatable bonds is 8. The number of nitrogens with zero attached hydrogens (tertiary/aromatic N) is 1. The minimum atomic E-state index is -3.88. The lowest BCUT2D eigenvalue weighted by Crippen LogP contribution is -2.26. The van der Waals surface area contributed by atoms with Crippen LogP contribution in [-0.4, -0.2) is 33.9 Å². The van der Waals surface area contributed by atoms with Crippen molar-refractivity contribution >= 4 is 33.3 Å². The number of amides is 1. The van der Waals surface area contributed by atoms with Crippen molar-refractivity contribution in [3.63, 3.8) is 0 Å². The number of carbonyl (C=O) groups excluding carboxylic acids is 2. The Kier molecular flexibility index (Phi) is 7.27. The minimum Gasteiger partial charge on any atom is -0.452 e. The van der Waals surface area contributed by atoms with E-state index in [1.54, 1.807) is 42.5 Å². The van der Waals surface area contributed by atoms with Crippen molar-refractivity contribution in [2.75, 3.05) is 23.3 Å². The zero-order valence-corrected chi connectivity index (χ0v) is 18.6. The Bertz CT molecular complexity index is 1190. The largest absolute Gasteiger partial charge is 0.452 e. The van der Waals surface area contributed by atoms with Crippen LogP contribution in [-0.2, 0) is 26.0 Å². The summed E-state index contributed by atoms with van der Waals surface area (Å²) in [6.07, 6.45) is 0.891. The maximum absolute atomic E-state index is 12.9. The van der Waals surface area contributed by atoms with Gasteiger partial charge in [0.25, 0.3) is 15.9 Å². The number of sulfonamides is 1. The van der Waals surface area contributed by atoms with E-state index in [1.807, 2.05) is 19.1 Å². The van der Waals surface area contributed by atoms with Crippen molar-refractivity contribution < 1.29 is 22.7 Å². The van der Waals surface area contributed by atoms with Gasteiger partial charge in [-0.1, -0.05) is 43.3 Å². The number of benzene rings is 3. The molecule has 0 radical (unpaired) electrons. The molecule has 7 nitrogen and oxygen atoms in total. The monoisotopic (exact) mass is 452 g/mol. The zero-order valence-electron chi connectivity index (χ0n) is 17.8. The van der Waals surface area contributed by atoms with Crippen LogP contribution < -0.4 is 9.62 Å². The van der Waals surface area contributed by atoms with Gasteiger partial charge in [0.1, 0.15) is 0 Å². The first-order valence-electron chi connectivity index (χ1n) is 10.0. The van der Waals surface area contributed by atoms with Crippen LogP contribution in [0.1, 0.15) is 22.8 Å². The maximum atomic E-state index is 12.9. The molecule has 0 aliphatic heterocycles. The Morgan fingerprint density at radius 1 is 0.938 bits per heavy atom. The van der Waals surface area contributed by atoms with E-state index in [9.17, 15) is 18.0 Å². The van der Waals surface area contributed by atoms with Crippen LogP contribution in [0.15, 0.2) is 83.8 Å². The first-order chi connectivity index (χ1) is 15.3. The van der Waals surface area contributed by atoms with Crippen LogP contribution in [0, 0.1) is 0 Å². The van der Waals surface area contributed by atoms with Crippen LogP contribution in [0.3, 0.4) is 0 Å². The first kappa shape index (κ1) is 23.0. The summed E-state index contributed by atoms with van der Waals surface area (Å²) in [6, 6.07) is 21.5. The van der Waals surface area contributed by atoms with Gasteiger partial charge in [-0.05, 0) is 54.4 Å². The Balaban J connectivity index is 1.65. The standard InChI is InChI=1S/C24H24N2O5S/c1-3-18-12-14-20(15-13-18)25-23(27)17-31-24(28)19-8-7-11-22(16-19)32(29,30)26(2)21-9-5-4-6-10-21/h4-16H,3,17H2,1-2H3,(H,25,27). The molecule has 8 heteroatoms. The second kappa shape index (κ2) is 10.1. The topological polar surface area (TPSA) is 92.8 Å². The van der Waals surface area contributed by atoms with E-state index in [4.69, 9.17) is 4.74 Å². The second-order valence-electron chi connectivity index (χ2n) is 7.01. The molecule has 3 aromatic rings. The van der Waals surface area contributed by atoms with Gasteiger partial charge in [0, 0.05) is 12.7 Å². The van der Waals surface area contributed by atoms with Gasteiger partial charge in [-0.15, -0.1) is 0 Å². The molecule has 0 saturated heterocycles. The SMILES string of the molecule is CCc1ccc(NC(=O)COC(=O)c2cccc(S(=O)(=O)N(C)c3ccccc3)c2)cc1. The quantitative estimate of drug-likeness (QED) is 0.524. The van der Waals surface area contributed by atoms with Crippen LogP contribution in [0.2, 0.25) is 0 Å². The summed E-state index contributed by atoms with van der Waals surface area (Å²) in [6.45, 7) is 1.54. The highest BCUT2D eigenvalue weighted by Crippen LogP contribution is 2.22. The third-order valence-corrected chi connectivity index (χ3v) is 6.61. The van der Waals surface area contributed by atoms with Gasteiger partial charge in [-0.2, -0.15) is 0 Å². The number of ether oxygens (including phenoxy) is 1. The van der Waals surface area contributed by atoms with Crippen molar-refractivity contribution in [3.05, 3.63) is 90.0 Å². The fourth-order valence-electron chi connectivity index (χ4n) is 2.95. The first-order valence-corrected chi connectivity index (χ1v) is 11.4. The molecule has 0 aliphatic rings. The van der Waals surface area contributed by atoms with Crippen molar-refractivity contribution in [2.45, 2.75) is 18.2 Å². The predicted octanol–water partition coefficient (Wildman–Crippen LogP) is 3.87. The number of hydrogen-bond acceptors (Lipinski definition) is 5. The van der Waals surface area contributed by atoms with E-state index in [0.717, 1.165) is 16.3 Å². The molecular weight excluding hydrogens is 428 g/mol. The van der Waals surface area contributed by atoms with Gasteiger partial charge in [-0.3, -0.25) is 9.10 Å². The van der Waals surface area contributed by atoms with Gasteiger partial charge < -0.3 is 10.1 Å². The molecule has 0 unspecified atom stereocenters. The summed E-state index contributed by atoms with van der Waals surface area (Å²) >= 11 is 0. The zero-order chi connectivity index (χ0) is 23.1. The molecule has 0 saturated carbocycles. The summed E-state index contributed by atoms with van der Waals surface area (Å²) < 4.78 is 32.1. The smallest absolute Gasteiger partial charge is 0.338 e. The van der Waals surface area contributed by atoms with E-state index in [2.05, 4.69) is 5.32 Å². The summed E-state index contributed by atoms with van der Waals surface area (Å²) in [5.41, 5.74) is 2.26. The molecule has 3 aromatic carbocycles. The fourth-order valence-corrected chi connectivity index (χ4v) is 4.20. The number of carbonyl (C=O) groups is 2. The molecule has 0 spiro atoms. The van der Waals surface area contributed by atoms with E-state index < -0.39 is 28.5 Å². The molecule has 3 rings (SSSR count). The van der Waals surface area contributed by atoms with Crippen LogP contribution in [0.5, 0.6) is 0 Å². The minimum absolute atomic E-state index is 0.0348. The lowest BCUT2D eigenvalue weighted by atomic mass is 10.1. The van der Waals surface area contributed by atoms with Crippen molar-refractivity contribution in [2.24, 2.45) is 0 Å². The molecule has 0 atom stereocenters.